The fourth-order valence-electron chi connectivity index (χ4n) is 1.39. The Hall–Kier alpha value is -2.31. The van der Waals surface area contributed by atoms with Gasteiger partial charge < -0.3 is 10.1 Å². The summed E-state index contributed by atoms with van der Waals surface area (Å²) in [5.74, 6) is -2.13. The molecule has 114 valence electrons. The maximum atomic E-state index is 12.8. The highest BCUT2D eigenvalue weighted by Gasteiger charge is 2.36. The Bertz CT molecular complexity index is 548. The second-order valence-electron chi connectivity index (χ2n) is 4.13. The molecule has 0 saturated heterocycles. The minimum atomic E-state index is -4.87. The predicted molar refractivity (Wildman–Crippen MR) is 69.4 cm³/mol. The monoisotopic (exact) mass is 301 g/mol. The second kappa shape index (κ2) is 6.92. The normalized spacial score (nSPS) is 12.0. The van der Waals surface area contributed by atoms with Gasteiger partial charge in [-0.05, 0) is 26.0 Å². The molecule has 0 unspecified atom stereocenters. The van der Waals surface area contributed by atoms with E-state index in [1.54, 1.807) is 24.4 Å². The molecule has 0 saturated carbocycles. The van der Waals surface area contributed by atoms with Crippen LogP contribution in [0.5, 0.6) is 0 Å². The van der Waals surface area contributed by atoms with E-state index >= 15 is 0 Å². The SMILES string of the molecule is CCOC(=O)C=C(NC(=O)c1ccc(C)cc1)C(F)(F)F. The summed E-state index contributed by atoms with van der Waals surface area (Å²) < 4.78 is 42.7. The van der Waals surface area contributed by atoms with Gasteiger partial charge in [0, 0.05) is 5.56 Å². The molecule has 0 spiro atoms. The Morgan fingerprint density at radius 2 is 1.81 bits per heavy atom. The van der Waals surface area contributed by atoms with E-state index in [9.17, 15) is 22.8 Å². The summed E-state index contributed by atoms with van der Waals surface area (Å²) >= 11 is 0. The van der Waals surface area contributed by atoms with Crippen LogP contribution in [0.4, 0.5) is 13.2 Å². The first-order valence-electron chi connectivity index (χ1n) is 6.07. The molecule has 1 aromatic rings. The standard InChI is InChI=1S/C14H14F3NO3/c1-3-21-12(19)8-11(14(15,16)17)18-13(20)10-6-4-9(2)5-7-10/h4-8H,3H2,1-2H3,(H,18,20). The Morgan fingerprint density at radius 1 is 1.24 bits per heavy atom. The van der Waals surface area contributed by atoms with E-state index in [-0.39, 0.29) is 18.2 Å². The first-order valence-corrected chi connectivity index (χ1v) is 6.07. The van der Waals surface area contributed by atoms with E-state index in [2.05, 4.69) is 4.74 Å². The van der Waals surface area contributed by atoms with Gasteiger partial charge in [-0.25, -0.2) is 4.79 Å². The van der Waals surface area contributed by atoms with Crippen LogP contribution >= 0.6 is 0 Å². The minimum absolute atomic E-state index is 0.0552. The van der Waals surface area contributed by atoms with Crippen molar-refractivity contribution in [1.82, 2.24) is 5.32 Å². The first kappa shape index (κ1) is 16.7. The van der Waals surface area contributed by atoms with Gasteiger partial charge in [-0.1, -0.05) is 17.7 Å². The molecule has 0 aromatic heterocycles. The quantitative estimate of drug-likeness (QED) is 0.687. The summed E-state index contributed by atoms with van der Waals surface area (Å²) in [5.41, 5.74) is -0.546. The molecule has 0 bridgehead atoms. The number of ether oxygens (including phenoxy) is 1. The zero-order valence-electron chi connectivity index (χ0n) is 11.5. The number of allylic oxidation sites excluding steroid dienone is 1. The van der Waals surface area contributed by atoms with Gasteiger partial charge in [0.15, 0.2) is 0 Å². The van der Waals surface area contributed by atoms with Crippen LogP contribution in [0.3, 0.4) is 0 Å². The van der Waals surface area contributed by atoms with Crippen molar-refractivity contribution < 1.29 is 27.5 Å². The molecule has 21 heavy (non-hydrogen) atoms. The maximum absolute atomic E-state index is 12.8. The molecule has 0 aliphatic heterocycles. The molecule has 0 aliphatic rings. The van der Waals surface area contributed by atoms with Crippen molar-refractivity contribution in [2.45, 2.75) is 20.0 Å². The summed E-state index contributed by atoms with van der Waals surface area (Å²) in [4.78, 5) is 22.9. The number of hydrogen-bond donors (Lipinski definition) is 1. The molecule has 1 aromatic carbocycles. The maximum Gasteiger partial charge on any atom is 0.431 e. The van der Waals surface area contributed by atoms with Gasteiger partial charge in [0.05, 0.1) is 12.7 Å². The fraction of sp³-hybridized carbons (Fsp3) is 0.286. The molecule has 0 heterocycles. The number of halogens is 3. The molecule has 0 radical (unpaired) electrons. The molecule has 0 fully saturated rings. The number of alkyl halides is 3. The zero-order valence-corrected chi connectivity index (χ0v) is 11.5. The van der Waals surface area contributed by atoms with Crippen molar-refractivity contribution in [1.29, 1.82) is 0 Å². The fourth-order valence-corrected chi connectivity index (χ4v) is 1.39. The van der Waals surface area contributed by atoms with Crippen LogP contribution in [0.15, 0.2) is 36.0 Å². The van der Waals surface area contributed by atoms with Crippen LogP contribution in [0.1, 0.15) is 22.8 Å². The number of carbonyl (C=O) groups is 2. The van der Waals surface area contributed by atoms with Gasteiger partial charge in [-0.3, -0.25) is 4.79 Å². The predicted octanol–water partition coefficient (Wildman–Crippen LogP) is 2.73. The zero-order chi connectivity index (χ0) is 16.0. The third kappa shape index (κ3) is 5.29. The van der Waals surface area contributed by atoms with Crippen molar-refractivity contribution in [2.24, 2.45) is 0 Å². The average molecular weight is 301 g/mol. The Balaban J connectivity index is 2.94. The number of carbonyl (C=O) groups excluding carboxylic acids is 2. The molecule has 4 nitrogen and oxygen atoms in total. The molecule has 1 amide bonds. The lowest BCUT2D eigenvalue weighted by Crippen LogP contribution is -2.32. The number of nitrogens with one attached hydrogen (secondary N) is 1. The number of esters is 1. The van der Waals surface area contributed by atoms with E-state index in [1.807, 2.05) is 0 Å². The van der Waals surface area contributed by atoms with Gasteiger partial charge in [0.1, 0.15) is 5.70 Å². The molecule has 1 rings (SSSR count). The first-order chi connectivity index (χ1) is 9.74. The number of rotatable bonds is 4. The molecule has 0 atom stereocenters. The second-order valence-corrected chi connectivity index (χ2v) is 4.13. The Morgan fingerprint density at radius 3 is 2.29 bits per heavy atom. The van der Waals surface area contributed by atoms with Crippen molar-refractivity contribution in [3.63, 3.8) is 0 Å². The van der Waals surface area contributed by atoms with Gasteiger partial charge in [-0.15, -0.1) is 0 Å². The van der Waals surface area contributed by atoms with Crippen LogP contribution in [0.2, 0.25) is 0 Å². The summed E-state index contributed by atoms with van der Waals surface area (Å²) in [6.45, 7) is 3.18. The van der Waals surface area contributed by atoms with E-state index in [4.69, 9.17) is 0 Å². The smallest absolute Gasteiger partial charge is 0.431 e. The van der Waals surface area contributed by atoms with E-state index < -0.39 is 23.7 Å². The third-order valence-corrected chi connectivity index (χ3v) is 2.42. The molecule has 0 aliphatic carbocycles. The molecule has 1 N–H and O–H groups in total. The average Bonchev–Trinajstić information content (AvgIpc) is 2.37. The van der Waals surface area contributed by atoms with Crippen LogP contribution in [0, 0.1) is 6.92 Å². The number of aryl methyl sites for hydroxylation is 1. The van der Waals surface area contributed by atoms with Gasteiger partial charge >= 0.3 is 12.1 Å². The Kier molecular flexibility index (Phi) is 5.52. The van der Waals surface area contributed by atoms with Crippen molar-refractivity contribution in [3.8, 4) is 0 Å². The highest BCUT2D eigenvalue weighted by Crippen LogP contribution is 2.24. The highest BCUT2D eigenvalue weighted by atomic mass is 19.4. The highest BCUT2D eigenvalue weighted by molar-refractivity contribution is 5.96. The van der Waals surface area contributed by atoms with Gasteiger partial charge in [-0.2, -0.15) is 13.2 Å². The topological polar surface area (TPSA) is 55.4 Å². The number of amides is 1. The molecular formula is C14H14F3NO3. The van der Waals surface area contributed by atoms with E-state index in [0.29, 0.717) is 0 Å². The van der Waals surface area contributed by atoms with Crippen LogP contribution in [-0.4, -0.2) is 24.7 Å². The van der Waals surface area contributed by atoms with Crippen LogP contribution in [-0.2, 0) is 9.53 Å². The summed E-state index contributed by atoms with van der Waals surface area (Å²) in [6, 6.07) is 5.97. The summed E-state index contributed by atoms with van der Waals surface area (Å²) in [6.07, 6.45) is -4.65. The third-order valence-electron chi connectivity index (χ3n) is 2.42. The van der Waals surface area contributed by atoms with Crippen LogP contribution < -0.4 is 5.32 Å². The van der Waals surface area contributed by atoms with Gasteiger partial charge in [0.2, 0.25) is 0 Å². The lowest BCUT2D eigenvalue weighted by molar-refractivity contribution is -0.138. The van der Waals surface area contributed by atoms with E-state index in [1.165, 1.54) is 19.1 Å². The lowest BCUT2D eigenvalue weighted by Gasteiger charge is -2.13. The lowest BCUT2D eigenvalue weighted by atomic mass is 10.1. The Labute approximate surface area is 119 Å². The van der Waals surface area contributed by atoms with Crippen LogP contribution in [0.25, 0.3) is 0 Å². The largest absolute Gasteiger partial charge is 0.463 e. The molecule has 7 heteroatoms. The van der Waals surface area contributed by atoms with Gasteiger partial charge in [0.25, 0.3) is 5.91 Å². The summed E-state index contributed by atoms with van der Waals surface area (Å²) in [5, 5.41) is 1.68. The van der Waals surface area contributed by atoms with Crippen molar-refractivity contribution >= 4 is 11.9 Å². The number of hydrogen-bond acceptors (Lipinski definition) is 3. The molecular weight excluding hydrogens is 287 g/mol. The van der Waals surface area contributed by atoms with E-state index in [0.717, 1.165) is 5.56 Å². The number of benzene rings is 1. The summed E-state index contributed by atoms with van der Waals surface area (Å²) in [7, 11) is 0. The van der Waals surface area contributed by atoms with Crippen molar-refractivity contribution in [2.75, 3.05) is 6.61 Å². The minimum Gasteiger partial charge on any atom is -0.463 e. The van der Waals surface area contributed by atoms with Crippen molar-refractivity contribution in [3.05, 3.63) is 47.2 Å².